The Morgan fingerprint density at radius 1 is 0.810 bits per heavy atom. The van der Waals surface area contributed by atoms with E-state index in [4.69, 9.17) is 0 Å². The normalized spacial score (nSPS) is 24.3. The second-order valence-corrected chi connectivity index (χ2v) is 9.34. The molecule has 0 saturated carbocycles. The van der Waals surface area contributed by atoms with Crippen LogP contribution in [0.5, 0.6) is 0 Å². The summed E-state index contributed by atoms with van der Waals surface area (Å²) in [7, 11) is 1.47. The van der Waals surface area contributed by atoms with E-state index >= 15 is 0 Å². The molecule has 0 unspecified atom stereocenters. The Balaban J connectivity index is 2.04. The maximum absolute atomic E-state index is 13.9. The van der Waals surface area contributed by atoms with Gasteiger partial charge in [-0.25, -0.2) is 0 Å². The molecule has 110 valence electrons. The summed E-state index contributed by atoms with van der Waals surface area (Å²) in [5.74, 6) is 0. The summed E-state index contributed by atoms with van der Waals surface area (Å²) >= 11 is 0. The SMILES string of the molecule is CN(C)P1(=O)[C@H](c2ccccc2)CC[C@H]1c1ccccc1. The summed E-state index contributed by atoms with van der Waals surface area (Å²) < 4.78 is 15.9. The van der Waals surface area contributed by atoms with Gasteiger partial charge in [0.25, 0.3) is 0 Å². The molecule has 2 aromatic carbocycles. The smallest absolute Gasteiger partial charge is 0.164 e. The maximum atomic E-state index is 13.9. The standard InChI is InChI=1S/C18H22NOP/c1-19(2)21(20)17(15-9-5-3-6-10-15)13-14-18(21)16-11-7-4-8-12-16/h3-12,17-18H,13-14H2,1-2H3/t17-,18-/m0/s1. The van der Waals surface area contributed by atoms with Crippen molar-refractivity contribution in [2.75, 3.05) is 14.1 Å². The Morgan fingerprint density at radius 2 is 1.19 bits per heavy atom. The molecule has 3 heteroatoms. The quantitative estimate of drug-likeness (QED) is 0.735. The van der Waals surface area contributed by atoms with Crippen LogP contribution in [-0.2, 0) is 4.57 Å². The number of benzene rings is 2. The number of hydrogen-bond acceptors (Lipinski definition) is 1. The second kappa shape index (κ2) is 5.79. The van der Waals surface area contributed by atoms with Crippen LogP contribution in [0.1, 0.15) is 35.3 Å². The van der Waals surface area contributed by atoms with Gasteiger partial charge in [-0.2, -0.15) is 0 Å². The molecule has 1 saturated heterocycles. The monoisotopic (exact) mass is 299 g/mol. The van der Waals surface area contributed by atoms with Crippen LogP contribution in [-0.4, -0.2) is 18.8 Å². The molecule has 3 rings (SSSR count). The minimum absolute atomic E-state index is 0.152. The van der Waals surface area contributed by atoms with Crippen molar-refractivity contribution in [1.29, 1.82) is 0 Å². The fraction of sp³-hybridized carbons (Fsp3) is 0.333. The number of nitrogens with zero attached hydrogens (tertiary/aromatic N) is 1. The van der Waals surface area contributed by atoms with E-state index in [2.05, 4.69) is 24.3 Å². The number of hydrogen-bond donors (Lipinski definition) is 0. The second-order valence-electron chi connectivity index (χ2n) is 5.95. The largest absolute Gasteiger partial charge is 0.305 e. The van der Waals surface area contributed by atoms with Crippen LogP contribution in [0.3, 0.4) is 0 Å². The van der Waals surface area contributed by atoms with Crippen LogP contribution in [0.15, 0.2) is 60.7 Å². The van der Waals surface area contributed by atoms with Crippen molar-refractivity contribution >= 4 is 7.29 Å². The first kappa shape index (κ1) is 14.6. The van der Waals surface area contributed by atoms with E-state index in [1.165, 1.54) is 11.1 Å². The van der Waals surface area contributed by atoms with Crippen LogP contribution in [0.2, 0.25) is 0 Å². The van der Waals surface area contributed by atoms with Crippen LogP contribution >= 0.6 is 7.29 Å². The third kappa shape index (κ3) is 2.47. The first-order valence-electron chi connectivity index (χ1n) is 7.51. The van der Waals surface area contributed by atoms with Gasteiger partial charge < -0.3 is 4.57 Å². The van der Waals surface area contributed by atoms with E-state index < -0.39 is 7.29 Å². The minimum atomic E-state index is -2.47. The van der Waals surface area contributed by atoms with Gasteiger partial charge in [0, 0.05) is 0 Å². The molecular formula is C18H22NOP. The van der Waals surface area contributed by atoms with Gasteiger partial charge >= 0.3 is 0 Å². The topological polar surface area (TPSA) is 20.3 Å². The molecule has 2 aromatic rings. The fourth-order valence-corrected chi connectivity index (χ4v) is 7.36. The summed E-state index contributed by atoms with van der Waals surface area (Å²) in [5, 5.41) is 0. The molecule has 0 aromatic heterocycles. The van der Waals surface area contributed by atoms with Gasteiger partial charge in [0.1, 0.15) is 0 Å². The molecular weight excluding hydrogens is 277 g/mol. The Morgan fingerprint density at radius 3 is 1.52 bits per heavy atom. The van der Waals surface area contributed by atoms with E-state index in [0.29, 0.717) is 0 Å². The van der Waals surface area contributed by atoms with E-state index in [0.717, 1.165) is 12.8 Å². The van der Waals surface area contributed by atoms with Crippen LogP contribution in [0, 0.1) is 0 Å². The first-order chi connectivity index (χ1) is 10.1. The zero-order chi connectivity index (χ0) is 14.9. The molecule has 1 aliphatic heterocycles. The Labute approximate surface area is 127 Å². The lowest BCUT2D eigenvalue weighted by Gasteiger charge is -2.32. The molecule has 1 heterocycles. The molecule has 1 aliphatic rings. The van der Waals surface area contributed by atoms with Gasteiger partial charge in [-0.05, 0) is 38.1 Å². The predicted molar refractivity (Wildman–Crippen MR) is 88.9 cm³/mol. The van der Waals surface area contributed by atoms with E-state index in [1.807, 2.05) is 55.2 Å². The lowest BCUT2D eigenvalue weighted by Crippen LogP contribution is -2.14. The highest BCUT2D eigenvalue weighted by Crippen LogP contribution is 2.77. The molecule has 0 N–H and O–H groups in total. The van der Waals surface area contributed by atoms with Gasteiger partial charge in [0.05, 0.1) is 11.3 Å². The van der Waals surface area contributed by atoms with Crippen molar-refractivity contribution in [3.63, 3.8) is 0 Å². The summed E-state index contributed by atoms with van der Waals surface area (Å²) in [6, 6.07) is 20.7. The highest BCUT2D eigenvalue weighted by Gasteiger charge is 2.48. The van der Waals surface area contributed by atoms with Crippen LogP contribution in [0.4, 0.5) is 0 Å². The molecule has 21 heavy (non-hydrogen) atoms. The van der Waals surface area contributed by atoms with Gasteiger partial charge in [-0.15, -0.1) is 0 Å². The highest BCUT2D eigenvalue weighted by atomic mass is 31.2. The minimum Gasteiger partial charge on any atom is -0.305 e. The lowest BCUT2D eigenvalue weighted by atomic mass is 10.0. The Kier molecular flexibility index (Phi) is 4.01. The summed E-state index contributed by atoms with van der Waals surface area (Å²) in [6.45, 7) is 0. The molecule has 2 atom stereocenters. The average Bonchev–Trinajstić information content (AvgIpc) is 2.88. The lowest BCUT2D eigenvalue weighted by molar-refractivity contribution is 0.502. The van der Waals surface area contributed by atoms with Crippen molar-refractivity contribution in [3.05, 3.63) is 71.8 Å². The van der Waals surface area contributed by atoms with E-state index in [-0.39, 0.29) is 11.3 Å². The third-order valence-corrected chi connectivity index (χ3v) is 8.75. The molecule has 0 amide bonds. The van der Waals surface area contributed by atoms with Crippen molar-refractivity contribution in [2.45, 2.75) is 24.2 Å². The van der Waals surface area contributed by atoms with Crippen molar-refractivity contribution < 1.29 is 4.57 Å². The summed E-state index contributed by atoms with van der Waals surface area (Å²) in [5.41, 5.74) is 2.73. The molecule has 0 bridgehead atoms. The van der Waals surface area contributed by atoms with E-state index in [9.17, 15) is 4.57 Å². The average molecular weight is 299 g/mol. The highest BCUT2D eigenvalue weighted by molar-refractivity contribution is 7.62. The molecule has 0 spiro atoms. The van der Waals surface area contributed by atoms with Crippen molar-refractivity contribution in [1.82, 2.24) is 4.67 Å². The summed E-state index contributed by atoms with van der Waals surface area (Å²) in [4.78, 5) is 0. The van der Waals surface area contributed by atoms with Gasteiger partial charge in [-0.3, -0.25) is 4.67 Å². The van der Waals surface area contributed by atoms with Gasteiger partial charge in [-0.1, -0.05) is 60.7 Å². The van der Waals surface area contributed by atoms with Crippen LogP contribution in [0.25, 0.3) is 0 Å². The number of rotatable bonds is 3. The van der Waals surface area contributed by atoms with E-state index in [1.54, 1.807) is 0 Å². The first-order valence-corrected chi connectivity index (χ1v) is 9.31. The maximum Gasteiger partial charge on any atom is 0.164 e. The molecule has 0 aliphatic carbocycles. The van der Waals surface area contributed by atoms with Crippen molar-refractivity contribution in [2.24, 2.45) is 0 Å². The zero-order valence-corrected chi connectivity index (χ0v) is 13.5. The molecule has 2 nitrogen and oxygen atoms in total. The predicted octanol–water partition coefficient (Wildman–Crippen LogP) is 5.10. The zero-order valence-electron chi connectivity index (χ0n) is 12.6. The fourth-order valence-electron chi connectivity index (χ4n) is 3.57. The van der Waals surface area contributed by atoms with Gasteiger partial charge in [0.2, 0.25) is 0 Å². The van der Waals surface area contributed by atoms with Crippen LogP contribution < -0.4 is 0 Å². The third-order valence-electron chi connectivity index (χ3n) is 4.60. The van der Waals surface area contributed by atoms with Crippen molar-refractivity contribution in [3.8, 4) is 0 Å². The van der Waals surface area contributed by atoms with Gasteiger partial charge in [0.15, 0.2) is 7.29 Å². The Hall–Kier alpha value is -1.37. The summed E-state index contributed by atoms with van der Waals surface area (Å²) in [6.07, 6.45) is 2.00. The molecule has 0 radical (unpaired) electrons. The Bertz CT molecular complexity index is 587. The molecule has 1 fully saturated rings.